The highest BCUT2D eigenvalue weighted by Crippen LogP contribution is 2.26. The lowest BCUT2D eigenvalue weighted by Gasteiger charge is -2.06. The van der Waals surface area contributed by atoms with Crippen LogP contribution in [-0.4, -0.2) is 42.2 Å². The number of carbonyl (C=O) groups excluding carboxylic acids is 2. The largest absolute Gasteiger partial charge is 0.508 e. The van der Waals surface area contributed by atoms with Crippen LogP contribution in [-0.2, 0) is 4.79 Å². The van der Waals surface area contributed by atoms with Crippen molar-refractivity contribution in [1.29, 1.82) is 0 Å². The smallest absolute Gasteiger partial charge is 0.251 e. The molecule has 148 valence electrons. The van der Waals surface area contributed by atoms with Crippen molar-refractivity contribution in [2.75, 3.05) is 20.2 Å². The lowest BCUT2D eigenvalue weighted by Crippen LogP contribution is -2.26. The molecule has 0 aliphatic rings. The average molecular weight is 384 g/mol. The molecule has 0 aliphatic carbocycles. The zero-order valence-corrected chi connectivity index (χ0v) is 15.6. The van der Waals surface area contributed by atoms with Gasteiger partial charge in [-0.2, -0.15) is 0 Å². The number of aromatic hydroxyl groups is 2. The van der Waals surface area contributed by atoms with Crippen molar-refractivity contribution >= 4 is 17.9 Å². The molecule has 0 aromatic heterocycles. The fourth-order valence-corrected chi connectivity index (χ4v) is 2.41. The predicted octanol–water partition coefficient (Wildman–Crippen LogP) is 2.45. The minimum absolute atomic E-state index is 0.0432. The Hall–Kier alpha value is -3.48. The van der Waals surface area contributed by atoms with Gasteiger partial charge in [-0.3, -0.25) is 9.59 Å². The molecule has 0 saturated heterocycles. The highest BCUT2D eigenvalue weighted by atomic mass is 16.5. The van der Waals surface area contributed by atoms with E-state index in [0.717, 1.165) is 18.4 Å². The quantitative estimate of drug-likeness (QED) is 0.392. The van der Waals surface area contributed by atoms with Crippen molar-refractivity contribution < 1.29 is 24.5 Å². The zero-order chi connectivity index (χ0) is 20.4. The first-order valence-electron chi connectivity index (χ1n) is 8.90. The summed E-state index contributed by atoms with van der Waals surface area (Å²) >= 11 is 0. The summed E-state index contributed by atoms with van der Waals surface area (Å²) in [6.45, 7) is 0.996. The number of rotatable bonds is 9. The number of hydrogen-bond acceptors (Lipinski definition) is 5. The molecule has 0 spiro atoms. The van der Waals surface area contributed by atoms with Gasteiger partial charge < -0.3 is 25.6 Å². The number of methoxy groups -OCH3 is 1. The van der Waals surface area contributed by atoms with Gasteiger partial charge in [-0.05, 0) is 60.9 Å². The molecule has 2 rings (SSSR count). The van der Waals surface area contributed by atoms with Gasteiger partial charge in [0.1, 0.15) is 5.75 Å². The van der Waals surface area contributed by atoms with E-state index >= 15 is 0 Å². The normalized spacial score (nSPS) is 10.6. The van der Waals surface area contributed by atoms with E-state index in [1.165, 1.54) is 31.4 Å². The number of phenolic OH excluding ortho intramolecular Hbond substituents is 2. The molecule has 7 heteroatoms. The molecule has 4 N–H and O–H groups in total. The second-order valence-corrected chi connectivity index (χ2v) is 6.07. The Morgan fingerprint density at radius 2 is 1.68 bits per heavy atom. The van der Waals surface area contributed by atoms with Crippen molar-refractivity contribution in [1.82, 2.24) is 10.6 Å². The van der Waals surface area contributed by atoms with Crippen molar-refractivity contribution in [3.05, 3.63) is 59.7 Å². The van der Waals surface area contributed by atoms with Crippen LogP contribution < -0.4 is 15.4 Å². The highest BCUT2D eigenvalue weighted by Gasteiger charge is 2.04. The second-order valence-electron chi connectivity index (χ2n) is 6.07. The number of amides is 2. The van der Waals surface area contributed by atoms with Gasteiger partial charge in [-0.15, -0.1) is 0 Å². The van der Waals surface area contributed by atoms with Crippen LogP contribution in [0.1, 0.15) is 28.8 Å². The molecule has 2 aromatic rings. The summed E-state index contributed by atoms with van der Waals surface area (Å²) in [4.78, 5) is 23.7. The number of ether oxygens (including phenoxy) is 1. The molecule has 0 unspecified atom stereocenters. The van der Waals surface area contributed by atoms with Crippen LogP contribution in [0.25, 0.3) is 6.08 Å². The summed E-state index contributed by atoms with van der Waals surface area (Å²) in [7, 11) is 1.46. The number of carbonyl (C=O) groups is 2. The topological polar surface area (TPSA) is 108 Å². The third-order valence-electron chi connectivity index (χ3n) is 3.95. The van der Waals surface area contributed by atoms with Gasteiger partial charge in [0, 0.05) is 24.7 Å². The summed E-state index contributed by atoms with van der Waals surface area (Å²) in [5.41, 5.74) is 1.23. The number of hydrogen-bond donors (Lipinski definition) is 4. The molecule has 0 atom stereocenters. The Balaban J connectivity index is 1.63. The van der Waals surface area contributed by atoms with Gasteiger partial charge in [0.05, 0.1) is 7.11 Å². The fourth-order valence-electron chi connectivity index (χ4n) is 2.41. The molecule has 28 heavy (non-hydrogen) atoms. The molecular weight excluding hydrogens is 360 g/mol. The van der Waals surface area contributed by atoms with Crippen molar-refractivity contribution in [2.24, 2.45) is 0 Å². The monoisotopic (exact) mass is 384 g/mol. The van der Waals surface area contributed by atoms with Crippen molar-refractivity contribution in [3.8, 4) is 17.2 Å². The van der Waals surface area contributed by atoms with Crippen LogP contribution in [0.3, 0.4) is 0 Å². The van der Waals surface area contributed by atoms with E-state index in [1.807, 2.05) is 0 Å². The first kappa shape index (κ1) is 20.8. The minimum atomic E-state index is -0.222. The van der Waals surface area contributed by atoms with Crippen LogP contribution in [0.15, 0.2) is 48.5 Å². The Bertz CT molecular complexity index is 831. The van der Waals surface area contributed by atoms with E-state index in [2.05, 4.69) is 10.6 Å². The number of benzene rings is 2. The molecule has 0 saturated carbocycles. The van der Waals surface area contributed by atoms with Crippen LogP contribution in [0.4, 0.5) is 0 Å². The minimum Gasteiger partial charge on any atom is -0.508 e. The Labute approximate surface area is 163 Å². The maximum atomic E-state index is 11.9. The summed E-state index contributed by atoms with van der Waals surface area (Å²) in [6.07, 6.45) is 4.50. The number of nitrogens with one attached hydrogen (secondary N) is 2. The molecule has 0 bridgehead atoms. The first-order valence-corrected chi connectivity index (χ1v) is 8.90. The Morgan fingerprint density at radius 1 is 1.00 bits per heavy atom. The van der Waals surface area contributed by atoms with Gasteiger partial charge >= 0.3 is 0 Å². The van der Waals surface area contributed by atoms with E-state index in [0.29, 0.717) is 24.4 Å². The van der Waals surface area contributed by atoms with Crippen molar-refractivity contribution in [2.45, 2.75) is 12.8 Å². The fraction of sp³-hybridized carbons (Fsp3) is 0.238. The van der Waals surface area contributed by atoms with Crippen LogP contribution in [0.2, 0.25) is 0 Å². The summed E-state index contributed by atoms with van der Waals surface area (Å²) < 4.78 is 5.02. The summed E-state index contributed by atoms with van der Waals surface area (Å²) in [5, 5.41) is 24.3. The number of phenols is 2. The summed E-state index contributed by atoms with van der Waals surface area (Å²) in [6, 6.07) is 10.9. The molecule has 0 fully saturated rings. The van der Waals surface area contributed by atoms with E-state index in [4.69, 9.17) is 4.74 Å². The van der Waals surface area contributed by atoms with E-state index in [1.54, 1.807) is 30.3 Å². The van der Waals surface area contributed by atoms with Gasteiger partial charge in [0.25, 0.3) is 5.91 Å². The van der Waals surface area contributed by atoms with Gasteiger partial charge in [-0.25, -0.2) is 0 Å². The van der Waals surface area contributed by atoms with E-state index in [-0.39, 0.29) is 23.3 Å². The van der Waals surface area contributed by atoms with Gasteiger partial charge in [-0.1, -0.05) is 6.07 Å². The molecule has 0 heterocycles. The Kier molecular flexibility index (Phi) is 7.90. The molecular formula is C21H24N2O5. The summed E-state index contributed by atoms with van der Waals surface area (Å²) in [5.74, 6) is 0.0841. The van der Waals surface area contributed by atoms with Gasteiger partial charge in [0.2, 0.25) is 5.91 Å². The molecule has 2 aromatic carbocycles. The first-order chi connectivity index (χ1) is 13.5. The standard InChI is InChI=1S/C21H24N2O5/c1-28-19-14-15(4-10-18(19)25)5-11-20(26)22-12-2-3-13-23-21(27)16-6-8-17(24)9-7-16/h4-11,14,24-25H,2-3,12-13H2,1H3,(H,22,26)(H,23,27). The number of unbranched alkanes of at least 4 members (excludes halogenated alkanes) is 1. The van der Waals surface area contributed by atoms with Crippen LogP contribution in [0.5, 0.6) is 17.2 Å². The highest BCUT2D eigenvalue weighted by molar-refractivity contribution is 5.94. The van der Waals surface area contributed by atoms with Crippen LogP contribution >= 0.6 is 0 Å². The van der Waals surface area contributed by atoms with Gasteiger partial charge in [0.15, 0.2) is 11.5 Å². The maximum Gasteiger partial charge on any atom is 0.251 e. The predicted molar refractivity (Wildman–Crippen MR) is 106 cm³/mol. The Morgan fingerprint density at radius 3 is 2.36 bits per heavy atom. The molecule has 7 nitrogen and oxygen atoms in total. The lowest BCUT2D eigenvalue weighted by molar-refractivity contribution is -0.116. The zero-order valence-electron chi connectivity index (χ0n) is 15.6. The second kappa shape index (κ2) is 10.6. The third-order valence-corrected chi connectivity index (χ3v) is 3.95. The van der Waals surface area contributed by atoms with E-state index < -0.39 is 0 Å². The van der Waals surface area contributed by atoms with Crippen LogP contribution in [0, 0.1) is 0 Å². The third kappa shape index (κ3) is 6.68. The average Bonchev–Trinajstić information content (AvgIpc) is 2.70. The van der Waals surface area contributed by atoms with Crippen molar-refractivity contribution in [3.63, 3.8) is 0 Å². The maximum absolute atomic E-state index is 11.9. The molecule has 0 radical (unpaired) electrons. The van der Waals surface area contributed by atoms with E-state index in [9.17, 15) is 19.8 Å². The lowest BCUT2D eigenvalue weighted by atomic mass is 10.2. The molecule has 0 aliphatic heterocycles. The SMILES string of the molecule is COc1cc(C=CC(=O)NCCCCNC(=O)c2ccc(O)cc2)ccc1O. The molecule has 2 amide bonds.